The van der Waals surface area contributed by atoms with Gasteiger partial charge in [-0.25, -0.2) is 0 Å². The van der Waals surface area contributed by atoms with Gasteiger partial charge in [0.25, 0.3) is 0 Å². The quantitative estimate of drug-likeness (QED) is 0.423. The first kappa shape index (κ1) is 20.4. The summed E-state index contributed by atoms with van der Waals surface area (Å²) in [5.41, 5.74) is 1.04. The molecular formula is C20H34N4O2. The topological polar surface area (TPSA) is 58.1 Å². The van der Waals surface area contributed by atoms with Gasteiger partial charge in [-0.15, -0.1) is 0 Å². The molecular weight excluding hydrogens is 328 g/mol. The highest BCUT2D eigenvalue weighted by molar-refractivity contribution is 5.79. The third kappa shape index (κ3) is 6.41. The van der Waals surface area contributed by atoms with E-state index in [1.807, 2.05) is 18.2 Å². The van der Waals surface area contributed by atoms with Crippen LogP contribution in [0.5, 0.6) is 11.5 Å². The molecule has 6 nitrogen and oxygen atoms in total. The van der Waals surface area contributed by atoms with E-state index in [0.29, 0.717) is 6.54 Å². The standard InChI is InChI=1S/C20H34N4O2/c1-21-20(22-12-9-15-24-13-6-4-5-7-14-24)23-16-17-10-8-11-18(25-2)19(17)26-3/h8,10-11H,4-7,9,12-16H2,1-3H3,(H2,21,22,23). The van der Waals surface area contributed by atoms with Gasteiger partial charge >= 0.3 is 0 Å². The van der Waals surface area contributed by atoms with Crippen LogP contribution in [0.25, 0.3) is 0 Å². The highest BCUT2D eigenvalue weighted by Gasteiger charge is 2.10. The third-order valence-corrected chi connectivity index (χ3v) is 4.80. The number of para-hydroxylation sites is 1. The third-order valence-electron chi connectivity index (χ3n) is 4.80. The monoisotopic (exact) mass is 362 g/mol. The number of guanidine groups is 1. The number of hydrogen-bond donors (Lipinski definition) is 2. The first-order valence-electron chi connectivity index (χ1n) is 9.65. The summed E-state index contributed by atoms with van der Waals surface area (Å²) in [7, 11) is 5.12. The zero-order valence-corrected chi connectivity index (χ0v) is 16.5. The van der Waals surface area contributed by atoms with E-state index in [2.05, 4.69) is 20.5 Å². The number of nitrogens with zero attached hydrogens (tertiary/aromatic N) is 2. The summed E-state index contributed by atoms with van der Waals surface area (Å²) in [6.45, 7) is 5.22. The number of aliphatic imine (C=N–C) groups is 1. The van der Waals surface area contributed by atoms with E-state index < -0.39 is 0 Å². The number of benzene rings is 1. The number of hydrogen-bond acceptors (Lipinski definition) is 4. The Balaban J connectivity index is 1.74. The van der Waals surface area contributed by atoms with Crippen molar-refractivity contribution < 1.29 is 9.47 Å². The Bertz CT molecular complexity index is 555. The summed E-state index contributed by atoms with van der Waals surface area (Å²) in [6, 6.07) is 5.90. The Hall–Kier alpha value is -1.95. The number of rotatable bonds is 8. The van der Waals surface area contributed by atoms with Crippen LogP contribution in [-0.2, 0) is 6.54 Å². The largest absolute Gasteiger partial charge is 0.493 e. The van der Waals surface area contributed by atoms with Gasteiger partial charge in [-0.1, -0.05) is 25.0 Å². The first-order valence-corrected chi connectivity index (χ1v) is 9.65. The molecule has 6 heteroatoms. The van der Waals surface area contributed by atoms with Crippen LogP contribution in [-0.4, -0.2) is 58.3 Å². The molecule has 1 aliphatic rings. The molecule has 1 heterocycles. The van der Waals surface area contributed by atoms with Crippen LogP contribution in [0.2, 0.25) is 0 Å². The van der Waals surface area contributed by atoms with E-state index in [-0.39, 0.29) is 0 Å². The summed E-state index contributed by atoms with van der Waals surface area (Å²) in [6.07, 6.45) is 6.60. The van der Waals surface area contributed by atoms with Crippen molar-refractivity contribution >= 4 is 5.96 Å². The minimum absolute atomic E-state index is 0.631. The van der Waals surface area contributed by atoms with Crippen molar-refractivity contribution in [1.82, 2.24) is 15.5 Å². The van der Waals surface area contributed by atoms with E-state index in [1.165, 1.54) is 38.8 Å². The Morgan fingerprint density at radius 1 is 1.08 bits per heavy atom. The lowest BCUT2D eigenvalue weighted by molar-refractivity contribution is 0.282. The van der Waals surface area contributed by atoms with Crippen LogP contribution in [0.3, 0.4) is 0 Å². The summed E-state index contributed by atoms with van der Waals surface area (Å²) >= 11 is 0. The van der Waals surface area contributed by atoms with Crippen molar-refractivity contribution in [3.8, 4) is 11.5 Å². The average Bonchev–Trinajstić information content (AvgIpc) is 2.95. The lowest BCUT2D eigenvalue weighted by atomic mass is 10.2. The molecule has 0 spiro atoms. The molecule has 0 amide bonds. The van der Waals surface area contributed by atoms with Crippen molar-refractivity contribution in [2.45, 2.75) is 38.6 Å². The zero-order valence-electron chi connectivity index (χ0n) is 16.5. The van der Waals surface area contributed by atoms with E-state index in [4.69, 9.17) is 9.47 Å². The molecule has 0 aromatic heterocycles. The van der Waals surface area contributed by atoms with Gasteiger partial charge in [0.15, 0.2) is 17.5 Å². The molecule has 1 aromatic rings. The number of nitrogens with one attached hydrogen (secondary N) is 2. The van der Waals surface area contributed by atoms with E-state index in [0.717, 1.165) is 42.5 Å². The molecule has 1 saturated heterocycles. The fraction of sp³-hybridized carbons (Fsp3) is 0.650. The summed E-state index contributed by atoms with van der Waals surface area (Å²) in [4.78, 5) is 6.90. The molecule has 0 unspecified atom stereocenters. The fourth-order valence-corrected chi connectivity index (χ4v) is 3.36. The van der Waals surface area contributed by atoms with Crippen LogP contribution >= 0.6 is 0 Å². The molecule has 0 saturated carbocycles. The number of methoxy groups -OCH3 is 2. The molecule has 2 N–H and O–H groups in total. The van der Waals surface area contributed by atoms with Crippen molar-refractivity contribution in [1.29, 1.82) is 0 Å². The normalized spacial score (nSPS) is 16.0. The summed E-state index contributed by atoms with van der Waals surface area (Å²) in [5, 5.41) is 6.75. The molecule has 0 atom stereocenters. The maximum Gasteiger partial charge on any atom is 0.191 e. The Morgan fingerprint density at radius 3 is 2.50 bits per heavy atom. The average molecular weight is 363 g/mol. The molecule has 1 fully saturated rings. The highest BCUT2D eigenvalue weighted by Crippen LogP contribution is 2.30. The lowest BCUT2D eigenvalue weighted by Gasteiger charge is -2.20. The molecule has 0 bridgehead atoms. The maximum absolute atomic E-state index is 5.48. The predicted octanol–water partition coefficient (Wildman–Crippen LogP) is 2.63. The number of likely N-dealkylation sites (tertiary alicyclic amines) is 1. The van der Waals surface area contributed by atoms with Crippen molar-refractivity contribution in [2.75, 3.05) is 47.4 Å². The van der Waals surface area contributed by atoms with Gasteiger partial charge in [0.05, 0.1) is 14.2 Å². The Kier molecular flexibility index (Phi) is 9.10. The highest BCUT2D eigenvalue weighted by atomic mass is 16.5. The minimum Gasteiger partial charge on any atom is -0.493 e. The fourth-order valence-electron chi connectivity index (χ4n) is 3.36. The molecule has 26 heavy (non-hydrogen) atoms. The Labute approximate surface area is 158 Å². The second-order valence-electron chi connectivity index (χ2n) is 6.61. The van der Waals surface area contributed by atoms with Crippen LogP contribution in [0, 0.1) is 0 Å². The van der Waals surface area contributed by atoms with Gasteiger partial charge in [-0.05, 0) is 45.0 Å². The SMILES string of the molecule is CN=C(NCCCN1CCCCCC1)NCc1cccc(OC)c1OC. The van der Waals surface area contributed by atoms with Crippen molar-refractivity contribution in [3.05, 3.63) is 23.8 Å². The van der Waals surface area contributed by atoms with E-state index >= 15 is 0 Å². The van der Waals surface area contributed by atoms with Gasteiger partial charge in [-0.2, -0.15) is 0 Å². The smallest absolute Gasteiger partial charge is 0.191 e. The zero-order chi connectivity index (χ0) is 18.6. The van der Waals surface area contributed by atoms with Gasteiger partial charge in [-0.3, -0.25) is 4.99 Å². The van der Waals surface area contributed by atoms with Crippen LogP contribution in [0.4, 0.5) is 0 Å². The van der Waals surface area contributed by atoms with Crippen molar-refractivity contribution in [3.63, 3.8) is 0 Å². The van der Waals surface area contributed by atoms with Gasteiger partial charge in [0.1, 0.15) is 0 Å². The van der Waals surface area contributed by atoms with Crippen LogP contribution in [0.15, 0.2) is 23.2 Å². The lowest BCUT2D eigenvalue weighted by Crippen LogP contribution is -2.38. The molecule has 0 aliphatic carbocycles. The van der Waals surface area contributed by atoms with Gasteiger partial charge in [0, 0.05) is 25.7 Å². The van der Waals surface area contributed by atoms with E-state index in [9.17, 15) is 0 Å². The molecule has 146 valence electrons. The predicted molar refractivity (Wildman–Crippen MR) is 107 cm³/mol. The second-order valence-corrected chi connectivity index (χ2v) is 6.61. The Morgan fingerprint density at radius 2 is 1.85 bits per heavy atom. The van der Waals surface area contributed by atoms with E-state index in [1.54, 1.807) is 21.3 Å². The molecule has 1 aromatic carbocycles. The second kappa shape index (κ2) is 11.6. The van der Waals surface area contributed by atoms with Crippen molar-refractivity contribution in [2.24, 2.45) is 4.99 Å². The molecule has 1 aliphatic heterocycles. The van der Waals surface area contributed by atoms with Crippen LogP contribution < -0.4 is 20.1 Å². The molecule has 0 radical (unpaired) electrons. The summed E-state index contributed by atoms with van der Waals surface area (Å²) < 4.78 is 10.8. The maximum atomic E-state index is 5.48. The van der Waals surface area contributed by atoms with Gasteiger partial charge < -0.3 is 25.0 Å². The number of ether oxygens (including phenoxy) is 2. The van der Waals surface area contributed by atoms with Gasteiger partial charge in [0.2, 0.25) is 0 Å². The van der Waals surface area contributed by atoms with Crippen LogP contribution in [0.1, 0.15) is 37.7 Å². The molecule has 2 rings (SSSR count). The minimum atomic E-state index is 0.631. The summed E-state index contributed by atoms with van der Waals surface area (Å²) in [5.74, 6) is 2.32. The first-order chi connectivity index (χ1) is 12.8.